The molecule has 0 aliphatic heterocycles. The molecule has 0 atom stereocenters. The Balaban J connectivity index is 1.93. The summed E-state index contributed by atoms with van der Waals surface area (Å²) in [5.41, 5.74) is 2.76. The van der Waals surface area contributed by atoms with Crippen molar-refractivity contribution in [2.45, 2.75) is 6.92 Å². The first kappa shape index (κ1) is 11.4. The molecule has 0 aliphatic rings. The number of nitrogens with zero attached hydrogens (tertiary/aromatic N) is 5. The molecule has 1 aromatic carbocycles. The lowest BCUT2D eigenvalue weighted by Crippen LogP contribution is -2.00. The molecule has 5 nitrogen and oxygen atoms in total. The topological polar surface area (TPSA) is 64.5 Å². The van der Waals surface area contributed by atoms with Gasteiger partial charge in [-0.2, -0.15) is 0 Å². The Labute approximate surface area is 110 Å². The number of hydrogen-bond donors (Lipinski definition) is 0. The average molecular weight is 249 g/mol. The van der Waals surface area contributed by atoms with Crippen LogP contribution in [0.25, 0.3) is 22.9 Å². The van der Waals surface area contributed by atoms with Gasteiger partial charge in [0, 0.05) is 11.8 Å². The van der Waals surface area contributed by atoms with E-state index >= 15 is 0 Å². The smallest absolute Gasteiger partial charge is 0.221 e. The minimum absolute atomic E-state index is 0.427. The Morgan fingerprint density at radius 2 is 1.42 bits per heavy atom. The van der Waals surface area contributed by atoms with Crippen LogP contribution < -0.4 is 0 Å². The van der Waals surface area contributed by atoms with E-state index in [-0.39, 0.29) is 0 Å². The van der Waals surface area contributed by atoms with E-state index < -0.39 is 0 Å². The fourth-order valence-corrected chi connectivity index (χ4v) is 1.65. The van der Waals surface area contributed by atoms with Gasteiger partial charge in [0.1, 0.15) is 5.69 Å². The van der Waals surface area contributed by atoms with Crippen molar-refractivity contribution in [2.24, 2.45) is 0 Å². The number of rotatable bonds is 2. The van der Waals surface area contributed by atoms with Crippen molar-refractivity contribution in [1.82, 2.24) is 25.4 Å². The van der Waals surface area contributed by atoms with Crippen LogP contribution in [-0.2, 0) is 0 Å². The molecule has 0 unspecified atom stereocenters. The summed E-state index contributed by atoms with van der Waals surface area (Å²) in [7, 11) is 0. The SMILES string of the molecule is Cc1ccc(-c2nnc(-c3ccccn3)nn2)cc1. The first-order valence-electron chi connectivity index (χ1n) is 5.89. The molecule has 0 saturated carbocycles. The normalized spacial score (nSPS) is 10.4. The van der Waals surface area contributed by atoms with Crippen LogP contribution in [0.2, 0.25) is 0 Å². The lowest BCUT2D eigenvalue weighted by atomic mass is 10.1. The zero-order chi connectivity index (χ0) is 13.1. The molecule has 0 spiro atoms. The van der Waals surface area contributed by atoms with E-state index in [4.69, 9.17) is 0 Å². The summed E-state index contributed by atoms with van der Waals surface area (Å²) in [6.45, 7) is 2.03. The second kappa shape index (κ2) is 4.89. The van der Waals surface area contributed by atoms with Crippen LogP contribution in [0.15, 0.2) is 48.7 Å². The van der Waals surface area contributed by atoms with Gasteiger partial charge in [-0.15, -0.1) is 20.4 Å². The summed E-state index contributed by atoms with van der Waals surface area (Å²) in [5.74, 6) is 0.941. The maximum absolute atomic E-state index is 4.16. The van der Waals surface area contributed by atoms with Gasteiger partial charge in [0.05, 0.1) is 0 Å². The molecule has 0 saturated heterocycles. The monoisotopic (exact) mass is 249 g/mol. The third-order valence-electron chi connectivity index (χ3n) is 2.68. The Kier molecular flexibility index (Phi) is 2.94. The highest BCUT2D eigenvalue weighted by Gasteiger charge is 2.06. The van der Waals surface area contributed by atoms with E-state index in [9.17, 15) is 0 Å². The molecular weight excluding hydrogens is 238 g/mol. The lowest BCUT2D eigenvalue weighted by Gasteiger charge is -2.00. The third-order valence-corrected chi connectivity index (χ3v) is 2.68. The maximum atomic E-state index is 4.16. The molecular formula is C14H11N5. The summed E-state index contributed by atoms with van der Waals surface area (Å²) < 4.78 is 0. The molecule has 3 aromatic rings. The van der Waals surface area contributed by atoms with Crippen LogP contribution in [0.5, 0.6) is 0 Å². The van der Waals surface area contributed by atoms with Crippen molar-refractivity contribution in [3.8, 4) is 22.9 Å². The first-order chi connectivity index (χ1) is 9.33. The van der Waals surface area contributed by atoms with Gasteiger partial charge in [0.15, 0.2) is 0 Å². The fraction of sp³-hybridized carbons (Fsp3) is 0.0714. The molecule has 5 heteroatoms. The molecule has 0 radical (unpaired) electrons. The lowest BCUT2D eigenvalue weighted by molar-refractivity contribution is 0.870. The first-order valence-corrected chi connectivity index (χ1v) is 5.89. The Hall–Kier alpha value is -2.69. The standard InChI is InChI=1S/C14H11N5/c1-10-5-7-11(8-6-10)13-16-18-14(19-17-13)12-4-2-3-9-15-12/h2-9H,1H3. The van der Waals surface area contributed by atoms with Gasteiger partial charge >= 0.3 is 0 Å². The number of aryl methyl sites for hydroxylation is 1. The number of aromatic nitrogens is 5. The Morgan fingerprint density at radius 1 is 0.737 bits per heavy atom. The molecule has 3 rings (SSSR count). The minimum Gasteiger partial charge on any atom is -0.253 e. The molecule has 2 heterocycles. The molecule has 0 aliphatic carbocycles. The van der Waals surface area contributed by atoms with E-state index in [0.717, 1.165) is 5.56 Å². The zero-order valence-electron chi connectivity index (χ0n) is 10.4. The predicted molar refractivity (Wildman–Crippen MR) is 71.0 cm³/mol. The summed E-state index contributed by atoms with van der Waals surface area (Å²) in [4.78, 5) is 4.16. The second-order valence-corrected chi connectivity index (χ2v) is 4.13. The number of pyridine rings is 1. The van der Waals surface area contributed by atoms with Gasteiger partial charge in [-0.1, -0.05) is 35.9 Å². The second-order valence-electron chi connectivity index (χ2n) is 4.13. The van der Waals surface area contributed by atoms with Crippen molar-refractivity contribution in [3.63, 3.8) is 0 Å². The van der Waals surface area contributed by atoms with Crippen molar-refractivity contribution < 1.29 is 0 Å². The van der Waals surface area contributed by atoms with Crippen molar-refractivity contribution in [2.75, 3.05) is 0 Å². The van der Waals surface area contributed by atoms with Crippen LogP contribution >= 0.6 is 0 Å². The summed E-state index contributed by atoms with van der Waals surface area (Å²) >= 11 is 0. The van der Waals surface area contributed by atoms with Crippen molar-refractivity contribution >= 4 is 0 Å². The summed E-state index contributed by atoms with van der Waals surface area (Å²) in [5, 5.41) is 16.3. The molecule has 19 heavy (non-hydrogen) atoms. The quantitative estimate of drug-likeness (QED) is 0.697. The van der Waals surface area contributed by atoms with Crippen LogP contribution in [0, 0.1) is 6.92 Å². The predicted octanol–water partition coefficient (Wildman–Crippen LogP) is 2.30. The molecule has 2 aromatic heterocycles. The van der Waals surface area contributed by atoms with E-state index in [0.29, 0.717) is 17.3 Å². The third kappa shape index (κ3) is 2.44. The minimum atomic E-state index is 0.427. The van der Waals surface area contributed by atoms with E-state index in [2.05, 4.69) is 25.4 Å². The summed E-state index contributed by atoms with van der Waals surface area (Å²) in [6.07, 6.45) is 1.69. The van der Waals surface area contributed by atoms with Gasteiger partial charge in [-0.25, -0.2) is 0 Å². The molecule has 0 N–H and O–H groups in total. The van der Waals surface area contributed by atoms with Gasteiger partial charge < -0.3 is 0 Å². The van der Waals surface area contributed by atoms with Crippen LogP contribution in [-0.4, -0.2) is 25.4 Å². The van der Waals surface area contributed by atoms with Gasteiger partial charge in [0.25, 0.3) is 0 Å². The largest absolute Gasteiger partial charge is 0.253 e. The van der Waals surface area contributed by atoms with Gasteiger partial charge in [-0.3, -0.25) is 4.98 Å². The molecule has 0 fully saturated rings. The molecule has 92 valence electrons. The van der Waals surface area contributed by atoms with Gasteiger partial charge in [0.2, 0.25) is 11.6 Å². The van der Waals surface area contributed by atoms with E-state index in [1.807, 2.05) is 49.4 Å². The maximum Gasteiger partial charge on any atom is 0.221 e. The van der Waals surface area contributed by atoms with Crippen LogP contribution in [0.4, 0.5) is 0 Å². The Morgan fingerprint density at radius 3 is 2.05 bits per heavy atom. The van der Waals surface area contributed by atoms with Crippen molar-refractivity contribution in [1.29, 1.82) is 0 Å². The van der Waals surface area contributed by atoms with Crippen LogP contribution in [0.3, 0.4) is 0 Å². The van der Waals surface area contributed by atoms with E-state index in [1.54, 1.807) is 6.20 Å². The van der Waals surface area contributed by atoms with E-state index in [1.165, 1.54) is 5.56 Å². The molecule has 0 amide bonds. The highest BCUT2D eigenvalue weighted by molar-refractivity contribution is 5.55. The highest BCUT2D eigenvalue weighted by atomic mass is 15.3. The summed E-state index contributed by atoms with van der Waals surface area (Å²) in [6, 6.07) is 13.5. The van der Waals surface area contributed by atoms with Crippen LogP contribution in [0.1, 0.15) is 5.56 Å². The average Bonchev–Trinajstić information content (AvgIpc) is 2.49. The number of hydrogen-bond acceptors (Lipinski definition) is 5. The fourth-order valence-electron chi connectivity index (χ4n) is 1.65. The van der Waals surface area contributed by atoms with Gasteiger partial charge in [-0.05, 0) is 19.1 Å². The Bertz CT molecular complexity index is 662. The zero-order valence-corrected chi connectivity index (χ0v) is 10.4. The highest BCUT2D eigenvalue weighted by Crippen LogP contribution is 2.15. The number of benzene rings is 1. The molecule has 0 bridgehead atoms. The van der Waals surface area contributed by atoms with Crippen molar-refractivity contribution in [3.05, 3.63) is 54.2 Å².